The van der Waals surface area contributed by atoms with Gasteiger partial charge < -0.3 is 10.6 Å². The van der Waals surface area contributed by atoms with E-state index in [1.807, 2.05) is 13.0 Å². The third kappa shape index (κ3) is 2.96. The third-order valence-electron chi connectivity index (χ3n) is 3.30. The van der Waals surface area contributed by atoms with Crippen LogP contribution in [0.4, 0.5) is 5.69 Å². The largest absolute Gasteiger partial charge is 0.388 e. The van der Waals surface area contributed by atoms with Crippen LogP contribution in [-0.4, -0.2) is 30.8 Å². The van der Waals surface area contributed by atoms with Crippen molar-refractivity contribution < 1.29 is 14.4 Å². The number of rotatable bonds is 3. The van der Waals surface area contributed by atoms with E-state index >= 15 is 0 Å². The van der Waals surface area contributed by atoms with Crippen molar-refractivity contribution >= 4 is 23.4 Å². The summed E-state index contributed by atoms with van der Waals surface area (Å²) in [6, 6.07) is 4.72. The number of amides is 3. The summed E-state index contributed by atoms with van der Waals surface area (Å²) in [6.07, 6.45) is 0.582. The predicted octanol–water partition coefficient (Wildman–Crippen LogP) is 0.572. The molecular formula is C14H17N3O3. The number of carbonyl (C=O) groups excluding carboxylic acids is 3. The fraction of sp³-hybridized carbons (Fsp3) is 0.357. The lowest BCUT2D eigenvalue weighted by Crippen LogP contribution is -2.52. The smallest absolute Gasteiger partial charge is 0.252 e. The quantitative estimate of drug-likeness (QED) is 0.704. The fourth-order valence-corrected chi connectivity index (χ4v) is 2.14. The Hall–Kier alpha value is -2.37. The molecule has 0 radical (unpaired) electrons. The van der Waals surface area contributed by atoms with Crippen LogP contribution in [0.15, 0.2) is 18.2 Å². The van der Waals surface area contributed by atoms with Crippen molar-refractivity contribution in [2.24, 2.45) is 0 Å². The molecule has 1 aliphatic rings. The summed E-state index contributed by atoms with van der Waals surface area (Å²) in [5, 5.41) is 7.87. The lowest BCUT2D eigenvalue weighted by Gasteiger charge is -2.22. The number of imide groups is 1. The van der Waals surface area contributed by atoms with Crippen LogP contribution in [-0.2, 0) is 9.59 Å². The van der Waals surface area contributed by atoms with E-state index in [1.165, 1.54) is 0 Å². The van der Waals surface area contributed by atoms with Gasteiger partial charge in [0.25, 0.3) is 5.91 Å². The minimum absolute atomic E-state index is 0.244. The summed E-state index contributed by atoms with van der Waals surface area (Å²) in [5.74, 6) is -1.05. The monoisotopic (exact) mass is 275 g/mol. The number of nitrogens with one attached hydrogen (secondary N) is 3. The van der Waals surface area contributed by atoms with Gasteiger partial charge in [-0.05, 0) is 37.1 Å². The van der Waals surface area contributed by atoms with E-state index < -0.39 is 11.9 Å². The molecule has 1 unspecified atom stereocenters. The Labute approximate surface area is 116 Å². The molecule has 3 N–H and O–H groups in total. The van der Waals surface area contributed by atoms with Gasteiger partial charge in [-0.2, -0.15) is 0 Å². The SMILES string of the molecule is CNc1ccc(C(=O)NC2CCC(=O)NC2=O)c(C)c1. The number of aryl methyl sites for hydroxylation is 1. The van der Waals surface area contributed by atoms with Gasteiger partial charge in [-0.1, -0.05) is 0 Å². The Morgan fingerprint density at radius 2 is 2.10 bits per heavy atom. The number of benzene rings is 1. The summed E-state index contributed by atoms with van der Waals surface area (Å²) in [7, 11) is 1.80. The molecule has 0 saturated carbocycles. The lowest BCUT2D eigenvalue weighted by atomic mass is 10.0. The van der Waals surface area contributed by atoms with E-state index in [-0.39, 0.29) is 18.2 Å². The second-order valence-corrected chi connectivity index (χ2v) is 4.76. The van der Waals surface area contributed by atoms with Crippen LogP contribution >= 0.6 is 0 Å². The molecule has 6 heteroatoms. The maximum Gasteiger partial charge on any atom is 0.252 e. The van der Waals surface area contributed by atoms with Gasteiger partial charge in [0, 0.05) is 24.7 Å². The van der Waals surface area contributed by atoms with Crippen LogP contribution in [0.25, 0.3) is 0 Å². The highest BCUT2D eigenvalue weighted by Crippen LogP contribution is 2.15. The first-order chi connectivity index (χ1) is 9.51. The first-order valence-corrected chi connectivity index (χ1v) is 6.44. The van der Waals surface area contributed by atoms with Crippen molar-refractivity contribution in [2.75, 3.05) is 12.4 Å². The van der Waals surface area contributed by atoms with Crippen LogP contribution in [0.2, 0.25) is 0 Å². The zero-order chi connectivity index (χ0) is 14.7. The van der Waals surface area contributed by atoms with Gasteiger partial charge in [0.05, 0.1) is 0 Å². The highest BCUT2D eigenvalue weighted by atomic mass is 16.2. The fourth-order valence-electron chi connectivity index (χ4n) is 2.14. The Morgan fingerprint density at radius 3 is 2.70 bits per heavy atom. The third-order valence-corrected chi connectivity index (χ3v) is 3.30. The minimum Gasteiger partial charge on any atom is -0.388 e. The molecular weight excluding hydrogens is 258 g/mol. The number of anilines is 1. The predicted molar refractivity (Wildman–Crippen MR) is 74.4 cm³/mol. The van der Waals surface area contributed by atoms with Crippen molar-refractivity contribution in [2.45, 2.75) is 25.8 Å². The van der Waals surface area contributed by atoms with E-state index in [4.69, 9.17) is 0 Å². The molecule has 0 spiro atoms. The standard InChI is InChI=1S/C14H17N3O3/c1-8-7-9(15-2)3-4-10(8)13(19)16-11-5-6-12(18)17-14(11)20/h3-4,7,11,15H,5-6H2,1-2H3,(H,16,19)(H,17,18,20). The van der Waals surface area contributed by atoms with Crippen molar-refractivity contribution in [3.8, 4) is 0 Å². The molecule has 1 aromatic rings. The topological polar surface area (TPSA) is 87.3 Å². The molecule has 6 nitrogen and oxygen atoms in total. The molecule has 0 bridgehead atoms. The summed E-state index contributed by atoms with van der Waals surface area (Å²) >= 11 is 0. The molecule has 1 fully saturated rings. The number of piperidine rings is 1. The van der Waals surface area contributed by atoms with E-state index in [9.17, 15) is 14.4 Å². The van der Waals surface area contributed by atoms with Crippen LogP contribution in [0.5, 0.6) is 0 Å². The van der Waals surface area contributed by atoms with E-state index in [1.54, 1.807) is 19.2 Å². The zero-order valence-corrected chi connectivity index (χ0v) is 11.4. The van der Waals surface area contributed by atoms with Gasteiger partial charge in [0.15, 0.2) is 0 Å². The average Bonchev–Trinajstić information content (AvgIpc) is 2.41. The van der Waals surface area contributed by atoms with Crippen LogP contribution in [0.3, 0.4) is 0 Å². The van der Waals surface area contributed by atoms with E-state index in [2.05, 4.69) is 16.0 Å². The van der Waals surface area contributed by atoms with Gasteiger partial charge in [-0.3, -0.25) is 19.7 Å². The van der Waals surface area contributed by atoms with Crippen LogP contribution < -0.4 is 16.0 Å². The summed E-state index contributed by atoms with van der Waals surface area (Å²) in [6.45, 7) is 1.83. The molecule has 1 saturated heterocycles. The lowest BCUT2D eigenvalue weighted by molar-refractivity contribution is -0.134. The maximum absolute atomic E-state index is 12.2. The van der Waals surface area contributed by atoms with Crippen molar-refractivity contribution in [3.63, 3.8) is 0 Å². The van der Waals surface area contributed by atoms with Gasteiger partial charge in [-0.25, -0.2) is 0 Å². The van der Waals surface area contributed by atoms with Gasteiger partial charge in [0.1, 0.15) is 6.04 Å². The molecule has 0 aromatic heterocycles. The summed E-state index contributed by atoms with van der Waals surface area (Å²) in [5.41, 5.74) is 2.26. The molecule has 1 aliphatic heterocycles. The highest BCUT2D eigenvalue weighted by Gasteiger charge is 2.28. The first kappa shape index (κ1) is 14.0. The normalized spacial score (nSPS) is 18.4. The Morgan fingerprint density at radius 1 is 1.35 bits per heavy atom. The molecule has 3 amide bonds. The van der Waals surface area contributed by atoms with Crippen molar-refractivity contribution in [3.05, 3.63) is 29.3 Å². The average molecular weight is 275 g/mol. The molecule has 2 rings (SSSR count). The van der Waals surface area contributed by atoms with Crippen LogP contribution in [0.1, 0.15) is 28.8 Å². The van der Waals surface area contributed by atoms with Crippen LogP contribution in [0, 0.1) is 6.92 Å². The Balaban J connectivity index is 2.08. The van der Waals surface area contributed by atoms with Crippen molar-refractivity contribution in [1.82, 2.24) is 10.6 Å². The highest BCUT2D eigenvalue weighted by molar-refractivity contribution is 6.04. The molecule has 1 aromatic carbocycles. The molecule has 0 aliphatic carbocycles. The molecule has 1 atom stereocenters. The van der Waals surface area contributed by atoms with E-state index in [0.717, 1.165) is 11.3 Å². The van der Waals surface area contributed by atoms with Gasteiger partial charge in [0.2, 0.25) is 11.8 Å². The first-order valence-electron chi connectivity index (χ1n) is 6.44. The maximum atomic E-state index is 12.2. The number of carbonyl (C=O) groups is 3. The Bertz CT molecular complexity index is 569. The molecule has 1 heterocycles. The van der Waals surface area contributed by atoms with Crippen molar-refractivity contribution in [1.29, 1.82) is 0 Å². The summed E-state index contributed by atoms with van der Waals surface area (Å²) in [4.78, 5) is 34.8. The minimum atomic E-state index is -0.649. The zero-order valence-electron chi connectivity index (χ0n) is 11.4. The number of hydrogen-bond acceptors (Lipinski definition) is 4. The van der Waals surface area contributed by atoms with E-state index in [0.29, 0.717) is 12.0 Å². The Kier molecular flexibility index (Phi) is 4.02. The molecule has 106 valence electrons. The van der Waals surface area contributed by atoms with Gasteiger partial charge >= 0.3 is 0 Å². The molecule has 20 heavy (non-hydrogen) atoms. The second kappa shape index (κ2) is 5.73. The van der Waals surface area contributed by atoms with Gasteiger partial charge in [-0.15, -0.1) is 0 Å². The second-order valence-electron chi connectivity index (χ2n) is 4.76. The summed E-state index contributed by atoms with van der Waals surface area (Å²) < 4.78 is 0. The number of hydrogen-bond donors (Lipinski definition) is 3.